The highest BCUT2D eigenvalue weighted by Crippen LogP contribution is 2.26. The molecule has 4 heteroatoms. The number of rotatable bonds is 2. The molecule has 1 fully saturated rings. The zero-order chi connectivity index (χ0) is 9.97. The molecule has 1 aromatic rings. The van der Waals surface area contributed by atoms with Crippen LogP contribution in [0.5, 0.6) is 0 Å². The quantitative estimate of drug-likeness (QED) is 0.771. The molecule has 0 spiro atoms. The summed E-state index contributed by atoms with van der Waals surface area (Å²) in [5, 5.41) is 3.97. The lowest BCUT2D eigenvalue weighted by atomic mass is 9.90. The standard InChI is InChI=1S/C10H17N3O/c1-8-9(7-11)3-2-5-13(8)10-4-6-14-12-10/h4,6,8-9H,2-3,5,7,11H2,1H3. The monoisotopic (exact) mass is 195 g/mol. The van der Waals surface area contributed by atoms with E-state index in [1.807, 2.05) is 6.07 Å². The number of piperidine rings is 1. The van der Waals surface area contributed by atoms with E-state index in [1.165, 1.54) is 12.8 Å². The smallest absolute Gasteiger partial charge is 0.172 e. The van der Waals surface area contributed by atoms with Crippen LogP contribution < -0.4 is 10.6 Å². The van der Waals surface area contributed by atoms with Gasteiger partial charge in [-0.05, 0) is 32.2 Å². The molecule has 4 nitrogen and oxygen atoms in total. The van der Waals surface area contributed by atoms with Crippen LogP contribution >= 0.6 is 0 Å². The van der Waals surface area contributed by atoms with Crippen LogP contribution in [0.1, 0.15) is 19.8 Å². The van der Waals surface area contributed by atoms with Gasteiger partial charge in [0.15, 0.2) is 5.82 Å². The Bertz CT molecular complexity index is 273. The third kappa shape index (κ3) is 1.62. The van der Waals surface area contributed by atoms with Crippen molar-refractivity contribution in [1.82, 2.24) is 5.16 Å². The van der Waals surface area contributed by atoms with Crippen LogP contribution in [0, 0.1) is 5.92 Å². The van der Waals surface area contributed by atoms with Crippen molar-refractivity contribution < 1.29 is 4.52 Å². The summed E-state index contributed by atoms with van der Waals surface area (Å²) in [6, 6.07) is 2.38. The summed E-state index contributed by atoms with van der Waals surface area (Å²) in [5.41, 5.74) is 5.74. The number of hydrogen-bond acceptors (Lipinski definition) is 4. The largest absolute Gasteiger partial charge is 0.363 e. The molecule has 2 N–H and O–H groups in total. The van der Waals surface area contributed by atoms with Gasteiger partial charge < -0.3 is 15.2 Å². The minimum Gasteiger partial charge on any atom is -0.363 e. The van der Waals surface area contributed by atoms with Crippen LogP contribution in [0.4, 0.5) is 5.82 Å². The zero-order valence-corrected chi connectivity index (χ0v) is 8.52. The van der Waals surface area contributed by atoms with Gasteiger partial charge in [-0.15, -0.1) is 0 Å². The number of aromatic nitrogens is 1. The van der Waals surface area contributed by atoms with Crippen LogP contribution in [0.25, 0.3) is 0 Å². The fourth-order valence-corrected chi connectivity index (χ4v) is 2.22. The second kappa shape index (κ2) is 4.00. The van der Waals surface area contributed by atoms with Gasteiger partial charge in [0.05, 0.1) is 0 Å². The van der Waals surface area contributed by atoms with Gasteiger partial charge in [0, 0.05) is 18.7 Å². The average Bonchev–Trinajstić information content (AvgIpc) is 2.71. The van der Waals surface area contributed by atoms with Crippen LogP contribution in [-0.2, 0) is 0 Å². The van der Waals surface area contributed by atoms with Gasteiger partial charge in [0.1, 0.15) is 6.26 Å². The minimum atomic E-state index is 0.471. The Balaban J connectivity index is 2.11. The first-order valence-electron chi connectivity index (χ1n) is 5.20. The van der Waals surface area contributed by atoms with Gasteiger partial charge in [-0.2, -0.15) is 0 Å². The molecule has 14 heavy (non-hydrogen) atoms. The Kier molecular flexibility index (Phi) is 2.72. The van der Waals surface area contributed by atoms with Crippen molar-refractivity contribution in [2.24, 2.45) is 11.7 Å². The summed E-state index contributed by atoms with van der Waals surface area (Å²) in [7, 11) is 0. The second-order valence-corrected chi connectivity index (χ2v) is 3.93. The molecule has 1 aliphatic rings. The molecular formula is C10H17N3O. The molecular weight excluding hydrogens is 178 g/mol. The van der Waals surface area contributed by atoms with E-state index in [2.05, 4.69) is 17.0 Å². The van der Waals surface area contributed by atoms with Gasteiger partial charge in [0.2, 0.25) is 0 Å². The van der Waals surface area contributed by atoms with Crippen molar-refractivity contribution in [1.29, 1.82) is 0 Å². The first-order valence-corrected chi connectivity index (χ1v) is 5.20. The lowest BCUT2D eigenvalue weighted by Gasteiger charge is -2.38. The van der Waals surface area contributed by atoms with Crippen LogP contribution in [0.2, 0.25) is 0 Å². The summed E-state index contributed by atoms with van der Waals surface area (Å²) in [4.78, 5) is 2.28. The third-order valence-electron chi connectivity index (χ3n) is 3.17. The SMILES string of the molecule is CC1C(CN)CCCN1c1ccon1. The average molecular weight is 195 g/mol. The molecule has 78 valence electrons. The molecule has 0 bridgehead atoms. The van der Waals surface area contributed by atoms with Crippen molar-refractivity contribution in [3.05, 3.63) is 12.3 Å². The van der Waals surface area contributed by atoms with E-state index in [1.54, 1.807) is 6.26 Å². The fourth-order valence-electron chi connectivity index (χ4n) is 2.22. The lowest BCUT2D eigenvalue weighted by molar-refractivity contribution is 0.336. The number of hydrogen-bond donors (Lipinski definition) is 1. The molecule has 2 heterocycles. The van der Waals surface area contributed by atoms with Gasteiger partial charge in [0.25, 0.3) is 0 Å². The molecule has 0 amide bonds. The number of anilines is 1. The number of nitrogens with two attached hydrogens (primary N) is 1. The highest BCUT2D eigenvalue weighted by Gasteiger charge is 2.28. The van der Waals surface area contributed by atoms with E-state index >= 15 is 0 Å². The Morgan fingerprint density at radius 2 is 2.57 bits per heavy atom. The van der Waals surface area contributed by atoms with Gasteiger partial charge in [-0.1, -0.05) is 5.16 Å². The second-order valence-electron chi connectivity index (χ2n) is 3.93. The Morgan fingerprint density at radius 1 is 1.71 bits per heavy atom. The normalized spacial score (nSPS) is 28.0. The minimum absolute atomic E-state index is 0.471. The van der Waals surface area contributed by atoms with Crippen molar-refractivity contribution >= 4 is 5.82 Å². The van der Waals surface area contributed by atoms with Crippen LogP contribution in [0.15, 0.2) is 16.9 Å². The van der Waals surface area contributed by atoms with E-state index in [0.717, 1.165) is 18.9 Å². The Hall–Kier alpha value is -1.03. The summed E-state index contributed by atoms with van der Waals surface area (Å²) < 4.78 is 4.86. The van der Waals surface area contributed by atoms with E-state index < -0.39 is 0 Å². The summed E-state index contributed by atoms with van der Waals surface area (Å²) in [6.07, 6.45) is 4.04. The maximum absolute atomic E-state index is 5.74. The predicted molar refractivity (Wildman–Crippen MR) is 55.1 cm³/mol. The molecule has 0 radical (unpaired) electrons. The Morgan fingerprint density at radius 3 is 3.21 bits per heavy atom. The number of nitrogens with zero attached hydrogens (tertiary/aromatic N) is 2. The predicted octanol–water partition coefficient (Wildman–Crippen LogP) is 1.24. The molecule has 2 unspecified atom stereocenters. The maximum atomic E-state index is 5.74. The molecule has 1 saturated heterocycles. The van der Waals surface area contributed by atoms with E-state index in [0.29, 0.717) is 12.0 Å². The molecule has 2 atom stereocenters. The highest BCUT2D eigenvalue weighted by molar-refractivity contribution is 5.37. The highest BCUT2D eigenvalue weighted by atomic mass is 16.5. The fraction of sp³-hybridized carbons (Fsp3) is 0.700. The lowest BCUT2D eigenvalue weighted by Crippen LogP contribution is -2.46. The Labute approximate surface area is 84.0 Å². The van der Waals surface area contributed by atoms with Crippen molar-refractivity contribution in [3.8, 4) is 0 Å². The van der Waals surface area contributed by atoms with Crippen LogP contribution in [0.3, 0.4) is 0 Å². The first kappa shape index (κ1) is 9.52. The van der Waals surface area contributed by atoms with Crippen LogP contribution in [-0.4, -0.2) is 24.3 Å². The van der Waals surface area contributed by atoms with E-state index in [-0.39, 0.29) is 0 Å². The summed E-state index contributed by atoms with van der Waals surface area (Å²) in [6.45, 7) is 4.03. The van der Waals surface area contributed by atoms with Crippen molar-refractivity contribution in [2.75, 3.05) is 18.0 Å². The third-order valence-corrected chi connectivity index (χ3v) is 3.17. The molecule has 0 aliphatic carbocycles. The first-order chi connectivity index (χ1) is 6.83. The van der Waals surface area contributed by atoms with Gasteiger partial charge in [-0.25, -0.2) is 0 Å². The zero-order valence-electron chi connectivity index (χ0n) is 8.52. The van der Waals surface area contributed by atoms with E-state index in [4.69, 9.17) is 10.3 Å². The molecule has 0 saturated carbocycles. The molecule has 0 aromatic carbocycles. The maximum Gasteiger partial charge on any atom is 0.172 e. The topological polar surface area (TPSA) is 55.3 Å². The summed E-state index contributed by atoms with van der Waals surface area (Å²) in [5.74, 6) is 1.52. The van der Waals surface area contributed by atoms with E-state index in [9.17, 15) is 0 Å². The van der Waals surface area contributed by atoms with Crippen molar-refractivity contribution in [3.63, 3.8) is 0 Å². The van der Waals surface area contributed by atoms with Gasteiger partial charge >= 0.3 is 0 Å². The molecule has 1 aliphatic heterocycles. The van der Waals surface area contributed by atoms with Crippen molar-refractivity contribution in [2.45, 2.75) is 25.8 Å². The summed E-state index contributed by atoms with van der Waals surface area (Å²) >= 11 is 0. The molecule has 2 rings (SSSR count). The van der Waals surface area contributed by atoms with Gasteiger partial charge in [-0.3, -0.25) is 0 Å². The molecule has 1 aromatic heterocycles.